The smallest absolute Gasteiger partial charge is 0.0178 e. The van der Waals surface area contributed by atoms with Crippen molar-refractivity contribution in [3.63, 3.8) is 0 Å². The molecule has 0 bridgehead atoms. The summed E-state index contributed by atoms with van der Waals surface area (Å²) in [5.74, 6) is 2.56. The van der Waals surface area contributed by atoms with Gasteiger partial charge in [-0.2, -0.15) is 11.8 Å². The molecule has 0 heterocycles. The summed E-state index contributed by atoms with van der Waals surface area (Å²) < 4.78 is 1.18. The molecule has 0 spiro atoms. The van der Waals surface area contributed by atoms with Crippen molar-refractivity contribution in [3.05, 3.63) is 34.3 Å². The summed E-state index contributed by atoms with van der Waals surface area (Å²) >= 11 is 5.49. The average Bonchev–Trinajstić information content (AvgIpc) is 2.33. The van der Waals surface area contributed by atoms with Crippen molar-refractivity contribution in [2.75, 3.05) is 25.1 Å². The van der Waals surface area contributed by atoms with Gasteiger partial charge in [0.25, 0.3) is 0 Å². The molecule has 3 heteroatoms. The molecule has 1 atom stereocenters. The zero-order valence-electron chi connectivity index (χ0n) is 11.6. The summed E-state index contributed by atoms with van der Waals surface area (Å²) in [5, 5.41) is 3.59. The van der Waals surface area contributed by atoms with Crippen LogP contribution in [0.5, 0.6) is 0 Å². The van der Waals surface area contributed by atoms with Crippen LogP contribution in [0, 0.1) is 5.92 Å². The first-order valence-electron chi connectivity index (χ1n) is 6.58. The fourth-order valence-corrected chi connectivity index (χ4v) is 2.89. The van der Waals surface area contributed by atoms with Gasteiger partial charge in [0.1, 0.15) is 0 Å². The van der Waals surface area contributed by atoms with Gasteiger partial charge in [-0.05, 0) is 54.5 Å². The summed E-state index contributed by atoms with van der Waals surface area (Å²) in [6.07, 6.45) is 3.42. The van der Waals surface area contributed by atoms with Crippen molar-refractivity contribution in [2.45, 2.75) is 26.2 Å². The number of rotatable bonds is 8. The molecule has 0 aliphatic heterocycles. The van der Waals surface area contributed by atoms with Crippen molar-refractivity contribution < 1.29 is 0 Å². The van der Waals surface area contributed by atoms with Crippen molar-refractivity contribution in [2.24, 2.45) is 5.92 Å². The highest BCUT2D eigenvalue weighted by molar-refractivity contribution is 9.10. The standard InChI is InChI=1S/C15H24BrNS/c1-12(2)10-17-11-14(7-8-18-3)13-5-4-6-15(16)9-13/h4-6,9,12,14,17H,7-8,10-11H2,1-3H3. The minimum Gasteiger partial charge on any atom is -0.316 e. The van der Waals surface area contributed by atoms with Gasteiger partial charge >= 0.3 is 0 Å². The summed E-state index contributed by atoms with van der Waals surface area (Å²) in [4.78, 5) is 0. The molecule has 1 aromatic rings. The van der Waals surface area contributed by atoms with Crippen molar-refractivity contribution in [1.29, 1.82) is 0 Å². The summed E-state index contributed by atoms with van der Waals surface area (Å²) in [5.41, 5.74) is 1.44. The highest BCUT2D eigenvalue weighted by atomic mass is 79.9. The van der Waals surface area contributed by atoms with Gasteiger partial charge in [-0.3, -0.25) is 0 Å². The molecule has 0 radical (unpaired) electrons. The zero-order valence-corrected chi connectivity index (χ0v) is 14.0. The average molecular weight is 330 g/mol. The van der Waals surface area contributed by atoms with Crippen molar-refractivity contribution in [3.8, 4) is 0 Å². The predicted molar refractivity (Wildman–Crippen MR) is 87.6 cm³/mol. The van der Waals surface area contributed by atoms with Gasteiger partial charge in [-0.1, -0.05) is 41.9 Å². The van der Waals surface area contributed by atoms with Crippen LogP contribution in [-0.2, 0) is 0 Å². The second-order valence-corrected chi connectivity index (χ2v) is 6.99. The third kappa shape index (κ3) is 6.26. The van der Waals surface area contributed by atoms with Crippen LogP contribution in [0.1, 0.15) is 31.7 Å². The SMILES string of the molecule is CSCCC(CNCC(C)C)c1cccc(Br)c1. The van der Waals surface area contributed by atoms with E-state index in [1.165, 1.54) is 22.2 Å². The van der Waals surface area contributed by atoms with E-state index in [0.717, 1.165) is 13.1 Å². The Morgan fingerprint density at radius 3 is 2.67 bits per heavy atom. The quantitative estimate of drug-likeness (QED) is 0.751. The third-order valence-electron chi connectivity index (χ3n) is 2.93. The topological polar surface area (TPSA) is 12.0 Å². The Labute approximate surface area is 124 Å². The first-order valence-corrected chi connectivity index (χ1v) is 8.77. The van der Waals surface area contributed by atoms with Gasteiger partial charge in [0, 0.05) is 11.0 Å². The van der Waals surface area contributed by atoms with E-state index in [1.54, 1.807) is 0 Å². The Hall–Kier alpha value is 0.01000. The maximum atomic E-state index is 3.59. The number of halogens is 1. The van der Waals surface area contributed by atoms with Crippen LogP contribution in [0.2, 0.25) is 0 Å². The lowest BCUT2D eigenvalue weighted by molar-refractivity contribution is 0.511. The predicted octanol–water partition coefficient (Wildman–Crippen LogP) is 4.53. The number of thioether (sulfide) groups is 1. The van der Waals surface area contributed by atoms with Crippen molar-refractivity contribution >= 4 is 27.7 Å². The van der Waals surface area contributed by atoms with Crippen LogP contribution >= 0.6 is 27.7 Å². The molecule has 0 amide bonds. The van der Waals surface area contributed by atoms with Crippen LogP contribution < -0.4 is 5.32 Å². The second-order valence-electron chi connectivity index (χ2n) is 5.09. The Morgan fingerprint density at radius 1 is 1.28 bits per heavy atom. The lowest BCUT2D eigenvalue weighted by Crippen LogP contribution is -2.25. The largest absolute Gasteiger partial charge is 0.316 e. The summed E-state index contributed by atoms with van der Waals surface area (Å²) in [6.45, 7) is 6.69. The number of hydrogen-bond donors (Lipinski definition) is 1. The normalized spacial score (nSPS) is 12.9. The number of nitrogens with one attached hydrogen (secondary N) is 1. The molecule has 102 valence electrons. The van der Waals surface area contributed by atoms with Crippen LogP contribution in [0.15, 0.2) is 28.7 Å². The summed E-state index contributed by atoms with van der Waals surface area (Å²) in [6, 6.07) is 8.72. The molecule has 1 rings (SSSR count). The molecule has 0 aliphatic carbocycles. The number of benzene rings is 1. The van der Waals surface area contributed by atoms with E-state index >= 15 is 0 Å². The van der Waals surface area contributed by atoms with Crippen LogP contribution in [0.4, 0.5) is 0 Å². The molecule has 1 aromatic carbocycles. The molecule has 1 N–H and O–H groups in total. The van der Waals surface area contributed by atoms with Gasteiger partial charge in [0.05, 0.1) is 0 Å². The van der Waals surface area contributed by atoms with Crippen LogP contribution in [0.25, 0.3) is 0 Å². The molecule has 0 aromatic heterocycles. The van der Waals surface area contributed by atoms with Gasteiger partial charge in [-0.15, -0.1) is 0 Å². The molecule has 1 nitrogen and oxygen atoms in total. The molecular formula is C15H24BrNS. The van der Waals surface area contributed by atoms with Crippen LogP contribution in [-0.4, -0.2) is 25.1 Å². The molecule has 1 unspecified atom stereocenters. The fourth-order valence-electron chi connectivity index (χ4n) is 1.95. The second kappa shape index (κ2) is 9.00. The first kappa shape index (κ1) is 16.1. The van der Waals surface area contributed by atoms with Crippen molar-refractivity contribution in [1.82, 2.24) is 5.32 Å². The Kier molecular flexibility index (Phi) is 8.03. The van der Waals surface area contributed by atoms with E-state index in [9.17, 15) is 0 Å². The van der Waals surface area contributed by atoms with E-state index in [4.69, 9.17) is 0 Å². The first-order chi connectivity index (χ1) is 8.63. The monoisotopic (exact) mass is 329 g/mol. The van der Waals surface area contributed by atoms with E-state index in [0.29, 0.717) is 11.8 Å². The number of hydrogen-bond acceptors (Lipinski definition) is 2. The van der Waals surface area contributed by atoms with Gasteiger partial charge in [-0.25, -0.2) is 0 Å². The Bertz CT molecular complexity index is 341. The van der Waals surface area contributed by atoms with E-state index in [1.807, 2.05) is 11.8 Å². The Balaban J connectivity index is 2.59. The minimum atomic E-state index is 0.619. The Morgan fingerprint density at radius 2 is 2.06 bits per heavy atom. The van der Waals surface area contributed by atoms with Gasteiger partial charge in [0.15, 0.2) is 0 Å². The highest BCUT2D eigenvalue weighted by Crippen LogP contribution is 2.23. The minimum absolute atomic E-state index is 0.619. The molecule has 0 saturated heterocycles. The van der Waals surface area contributed by atoms with E-state index < -0.39 is 0 Å². The lowest BCUT2D eigenvalue weighted by atomic mass is 9.96. The van der Waals surface area contributed by atoms with Crippen LogP contribution in [0.3, 0.4) is 0 Å². The molecule has 0 saturated carbocycles. The maximum Gasteiger partial charge on any atom is 0.0178 e. The lowest BCUT2D eigenvalue weighted by Gasteiger charge is -2.19. The maximum absolute atomic E-state index is 3.59. The fraction of sp³-hybridized carbons (Fsp3) is 0.600. The van der Waals surface area contributed by atoms with E-state index in [-0.39, 0.29) is 0 Å². The van der Waals surface area contributed by atoms with Gasteiger partial charge in [0.2, 0.25) is 0 Å². The third-order valence-corrected chi connectivity index (χ3v) is 4.07. The summed E-state index contributed by atoms with van der Waals surface area (Å²) in [7, 11) is 0. The molecule has 18 heavy (non-hydrogen) atoms. The van der Waals surface area contributed by atoms with Gasteiger partial charge < -0.3 is 5.32 Å². The van der Waals surface area contributed by atoms with E-state index in [2.05, 4.69) is 65.6 Å². The zero-order chi connectivity index (χ0) is 13.4. The molecular weight excluding hydrogens is 306 g/mol. The highest BCUT2D eigenvalue weighted by Gasteiger charge is 2.11. The molecule has 0 fully saturated rings. The molecule has 0 aliphatic rings.